The van der Waals surface area contributed by atoms with Crippen LogP contribution in [0, 0.1) is 11.8 Å². The Bertz CT molecular complexity index is 365. The van der Waals surface area contributed by atoms with Crippen molar-refractivity contribution in [3.63, 3.8) is 0 Å². The van der Waals surface area contributed by atoms with E-state index in [-0.39, 0.29) is 17.6 Å². The number of nitrogens with one attached hydrogen (secondary N) is 1. The van der Waals surface area contributed by atoms with Crippen molar-refractivity contribution in [2.45, 2.75) is 33.6 Å². The molecule has 6 heteroatoms. The van der Waals surface area contributed by atoms with Crippen LogP contribution in [0.25, 0.3) is 0 Å². The van der Waals surface area contributed by atoms with Crippen LogP contribution in [0.15, 0.2) is 0 Å². The number of hydrogen-bond donors (Lipinski definition) is 1. The number of hydrogen-bond acceptors (Lipinski definition) is 3. The molecule has 1 atom stereocenters. The normalized spacial score (nSPS) is 22.9. The minimum Gasteiger partial charge on any atom is -0.300 e. The van der Waals surface area contributed by atoms with Crippen molar-refractivity contribution in [3.05, 3.63) is 0 Å². The van der Waals surface area contributed by atoms with Gasteiger partial charge in [0.2, 0.25) is 0 Å². The van der Waals surface area contributed by atoms with Crippen LogP contribution < -0.4 is 4.72 Å². The lowest BCUT2D eigenvalue weighted by atomic mass is 9.96. The molecular formula is C11H22N2O3S. The lowest BCUT2D eigenvalue weighted by Gasteiger charge is -2.30. The second-order valence-electron chi connectivity index (χ2n) is 5.06. The second kappa shape index (κ2) is 5.93. The van der Waals surface area contributed by atoms with Crippen molar-refractivity contribution in [3.8, 4) is 0 Å². The van der Waals surface area contributed by atoms with E-state index in [4.69, 9.17) is 0 Å². The minimum absolute atomic E-state index is 0.0776. The van der Waals surface area contributed by atoms with Crippen LogP contribution in [0.1, 0.15) is 33.6 Å². The van der Waals surface area contributed by atoms with Crippen LogP contribution in [-0.4, -0.2) is 38.1 Å². The summed E-state index contributed by atoms with van der Waals surface area (Å²) in [6.45, 7) is 6.71. The van der Waals surface area contributed by atoms with Gasteiger partial charge in [-0.15, -0.1) is 0 Å². The number of nitrogens with zero attached hydrogens (tertiary/aromatic N) is 1. The molecule has 1 N–H and O–H groups in total. The summed E-state index contributed by atoms with van der Waals surface area (Å²) >= 11 is 0. The second-order valence-corrected chi connectivity index (χ2v) is 6.81. The van der Waals surface area contributed by atoms with Crippen molar-refractivity contribution < 1.29 is 13.2 Å². The molecule has 0 saturated carbocycles. The average Bonchev–Trinajstić information content (AvgIpc) is 2.27. The molecular weight excluding hydrogens is 240 g/mol. The van der Waals surface area contributed by atoms with E-state index in [9.17, 15) is 13.2 Å². The molecule has 1 heterocycles. The van der Waals surface area contributed by atoms with Crippen molar-refractivity contribution in [2.24, 2.45) is 11.8 Å². The first-order chi connectivity index (χ1) is 7.83. The van der Waals surface area contributed by atoms with E-state index in [1.807, 2.05) is 13.8 Å². The van der Waals surface area contributed by atoms with E-state index >= 15 is 0 Å². The van der Waals surface area contributed by atoms with Gasteiger partial charge >= 0.3 is 0 Å². The maximum absolute atomic E-state index is 12.0. The minimum atomic E-state index is -3.41. The van der Waals surface area contributed by atoms with E-state index in [1.54, 1.807) is 0 Å². The fourth-order valence-corrected chi connectivity index (χ4v) is 3.33. The third-order valence-corrected chi connectivity index (χ3v) is 4.52. The zero-order valence-electron chi connectivity index (χ0n) is 10.8. The molecule has 0 aromatic heterocycles. The van der Waals surface area contributed by atoms with Gasteiger partial charge in [-0.2, -0.15) is 12.7 Å². The SMILES string of the molecule is CC(=O)C1CCCN(S(=O)(=O)NCC(C)C)C1. The van der Waals surface area contributed by atoms with Gasteiger partial charge in [0.05, 0.1) is 0 Å². The Labute approximate surface area is 104 Å². The van der Waals surface area contributed by atoms with Gasteiger partial charge in [-0.3, -0.25) is 4.79 Å². The molecule has 17 heavy (non-hydrogen) atoms. The number of ketones is 1. The zero-order valence-corrected chi connectivity index (χ0v) is 11.6. The van der Waals surface area contributed by atoms with Gasteiger partial charge in [-0.25, -0.2) is 4.72 Å². The molecule has 5 nitrogen and oxygen atoms in total. The molecule has 1 aliphatic heterocycles. The highest BCUT2D eigenvalue weighted by molar-refractivity contribution is 7.87. The number of piperidine rings is 1. The molecule has 0 radical (unpaired) electrons. The Hall–Kier alpha value is -0.460. The van der Waals surface area contributed by atoms with Crippen LogP contribution in [0.2, 0.25) is 0 Å². The third-order valence-electron chi connectivity index (χ3n) is 2.97. The van der Waals surface area contributed by atoms with Crippen LogP contribution in [0.5, 0.6) is 0 Å². The molecule has 1 rings (SSSR count). The van der Waals surface area contributed by atoms with Crippen molar-refractivity contribution in [2.75, 3.05) is 19.6 Å². The lowest BCUT2D eigenvalue weighted by Crippen LogP contribution is -2.47. The number of Topliss-reactive ketones (excluding diaryl/α,β-unsaturated/α-hetero) is 1. The van der Waals surface area contributed by atoms with Gasteiger partial charge in [-0.05, 0) is 25.7 Å². The molecule has 0 aromatic rings. The number of rotatable bonds is 5. The highest BCUT2D eigenvalue weighted by atomic mass is 32.2. The van der Waals surface area contributed by atoms with Gasteiger partial charge in [0.15, 0.2) is 0 Å². The molecule has 1 saturated heterocycles. The van der Waals surface area contributed by atoms with Crippen LogP contribution >= 0.6 is 0 Å². The maximum Gasteiger partial charge on any atom is 0.279 e. The number of carbonyl (C=O) groups is 1. The molecule has 100 valence electrons. The monoisotopic (exact) mass is 262 g/mol. The first kappa shape index (κ1) is 14.6. The Morgan fingerprint density at radius 2 is 2.12 bits per heavy atom. The van der Waals surface area contributed by atoms with Crippen molar-refractivity contribution >= 4 is 16.0 Å². The summed E-state index contributed by atoms with van der Waals surface area (Å²) in [6, 6.07) is 0. The van der Waals surface area contributed by atoms with Gasteiger partial charge < -0.3 is 0 Å². The smallest absolute Gasteiger partial charge is 0.279 e. The summed E-state index contributed by atoms with van der Waals surface area (Å²) < 4.78 is 27.9. The predicted molar refractivity (Wildman–Crippen MR) is 66.7 cm³/mol. The first-order valence-electron chi connectivity index (χ1n) is 6.08. The van der Waals surface area contributed by atoms with Crippen LogP contribution in [0.4, 0.5) is 0 Å². The summed E-state index contributed by atoms with van der Waals surface area (Å²) in [7, 11) is -3.41. The molecule has 1 aliphatic rings. The molecule has 0 aromatic carbocycles. The van der Waals surface area contributed by atoms with Crippen molar-refractivity contribution in [1.82, 2.24) is 9.03 Å². The predicted octanol–water partition coefficient (Wildman–Crippen LogP) is 0.778. The summed E-state index contributed by atoms with van der Waals surface area (Å²) in [6.07, 6.45) is 1.55. The zero-order chi connectivity index (χ0) is 13.1. The Morgan fingerprint density at radius 1 is 1.47 bits per heavy atom. The van der Waals surface area contributed by atoms with Gasteiger partial charge in [0, 0.05) is 25.6 Å². The fourth-order valence-electron chi connectivity index (χ4n) is 1.86. The quantitative estimate of drug-likeness (QED) is 0.796. The topological polar surface area (TPSA) is 66.5 Å². The van der Waals surface area contributed by atoms with E-state index in [2.05, 4.69) is 4.72 Å². The number of carbonyl (C=O) groups excluding carboxylic acids is 1. The first-order valence-corrected chi connectivity index (χ1v) is 7.52. The summed E-state index contributed by atoms with van der Waals surface area (Å²) in [5.74, 6) is 0.214. The highest BCUT2D eigenvalue weighted by Crippen LogP contribution is 2.19. The van der Waals surface area contributed by atoms with Gasteiger partial charge in [-0.1, -0.05) is 13.8 Å². The standard InChI is InChI=1S/C11H22N2O3S/c1-9(2)7-12-17(15,16)13-6-4-5-11(8-13)10(3)14/h9,11-12H,4-8H2,1-3H3. The molecule has 0 spiro atoms. The molecule has 0 bridgehead atoms. The van der Waals surface area contributed by atoms with E-state index in [1.165, 1.54) is 11.2 Å². The molecule has 1 fully saturated rings. The Morgan fingerprint density at radius 3 is 2.65 bits per heavy atom. The highest BCUT2D eigenvalue weighted by Gasteiger charge is 2.30. The summed E-state index contributed by atoms with van der Waals surface area (Å²) in [4.78, 5) is 11.3. The third kappa shape index (κ3) is 4.37. The maximum atomic E-state index is 12.0. The van der Waals surface area contributed by atoms with Crippen molar-refractivity contribution in [1.29, 1.82) is 0 Å². The lowest BCUT2D eigenvalue weighted by molar-refractivity contribution is -0.121. The fraction of sp³-hybridized carbons (Fsp3) is 0.909. The van der Waals surface area contributed by atoms with E-state index < -0.39 is 10.2 Å². The Balaban J connectivity index is 2.62. The van der Waals surface area contributed by atoms with Crippen LogP contribution in [0.3, 0.4) is 0 Å². The van der Waals surface area contributed by atoms with E-state index in [0.717, 1.165) is 12.8 Å². The summed E-state index contributed by atoms with van der Waals surface area (Å²) in [5.41, 5.74) is 0. The molecule has 0 aliphatic carbocycles. The average molecular weight is 262 g/mol. The van der Waals surface area contributed by atoms with Crippen LogP contribution in [-0.2, 0) is 15.0 Å². The van der Waals surface area contributed by atoms with Gasteiger partial charge in [0.1, 0.15) is 5.78 Å². The summed E-state index contributed by atoms with van der Waals surface area (Å²) in [5, 5.41) is 0. The van der Waals surface area contributed by atoms with Gasteiger partial charge in [0.25, 0.3) is 10.2 Å². The van der Waals surface area contributed by atoms with E-state index in [0.29, 0.717) is 19.6 Å². The Kier molecular flexibility index (Phi) is 5.09. The largest absolute Gasteiger partial charge is 0.300 e. The molecule has 0 amide bonds. The molecule has 1 unspecified atom stereocenters.